The van der Waals surface area contributed by atoms with E-state index in [9.17, 15) is 23.4 Å². The van der Waals surface area contributed by atoms with Crippen LogP contribution in [0.3, 0.4) is 0 Å². The van der Waals surface area contributed by atoms with Crippen molar-refractivity contribution >= 4 is 0 Å². The summed E-state index contributed by atoms with van der Waals surface area (Å²) in [4.78, 5) is 0. The van der Waals surface area contributed by atoms with Crippen LogP contribution in [0.5, 0.6) is 0 Å². The maximum absolute atomic E-state index is 13.8. The van der Waals surface area contributed by atoms with Crippen LogP contribution in [0.1, 0.15) is 78.1 Å². The Morgan fingerprint density at radius 1 is 0.783 bits per heavy atom. The van der Waals surface area contributed by atoms with Gasteiger partial charge in [0.25, 0.3) is 0 Å². The van der Waals surface area contributed by atoms with Crippen LogP contribution in [0.15, 0.2) is 0 Å². The topological polar surface area (TPSA) is 40.5 Å². The highest BCUT2D eigenvalue weighted by Gasteiger charge is 2.49. The normalized spacial score (nSPS) is 41.9. The lowest BCUT2D eigenvalue weighted by atomic mass is 9.74. The van der Waals surface area contributed by atoms with Gasteiger partial charge in [0.1, 0.15) is 0 Å². The Kier molecular flexibility index (Phi) is 5.72. The van der Waals surface area contributed by atoms with Crippen molar-refractivity contribution in [2.24, 2.45) is 17.8 Å². The molecular formula is C18H31F3O2. The summed E-state index contributed by atoms with van der Waals surface area (Å²) in [5.41, 5.74) is -1.64. The van der Waals surface area contributed by atoms with E-state index in [1.165, 1.54) is 0 Å². The molecule has 0 spiro atoms. The molecule has 0 radical (unpaired) electrons. The smallest absolute Gasteiger partial charge is 0.390 e. The third-order valence-electron chi connectivity index (χ3n) is 6.08. The maximum atomic E-state index is 13.8. The van der Waals surface area contributed by atoms with Crippen LogP contribution in [0.4, 0.5) is 13.2 Å². The number of halogens is 3. The lowest BCUT2D eigenvalue weighted by molar-refractivity contribution is -0.207. The summed E-state index contributed by atoms with van der Waals surface area (Å²) in [6, 6.07) is 0. The van der Waals surface area contributed by atoms with Crippen molar-refractivity contribution in [1.82, 2.24) is 0 Å². The fraction of sp³-hybridized carbons (Fsp3) is 1.00. The maximum Gasteiger partial charge on any atom is 0.392 e. The zero-order chi connectivity index (χ0) is 17.3. The van der Waals surface area contributed by atoms with Gasteiger partial charge in [-0.15, -0.1) is 0 Å². The van der Waals surface area contributed by atoms with Gasteiger partial charge >= 0.3 is 6.18 Å². The molecule has 136 valence electrons. The first-order valence-electron chi connectivity index (χ1n) is 9.02. The Morgan fingerprint density at radius 3 is 1.52 bits per heavy atom. The standard InChI is InChI=1S/C18H31F3O2/c1-16(22)9-3-5-13(7-11-16)15(18(19,20)21)14-6-4-10-17(2,23)12-8-14/h13-15,22-23H,3-12H2,1-2H3. The minimum absolute atomic E-state index is 0.392. The molecule has 0 bridgehead atoms. The molecule has 4 unspecified atom stereocenters. The van der Waals surface area contributed by atoms with Gasteiger partial charge < -0.3 is 10.2 Å². The molecule has 4 atom stereocenters. The van der Waals surface area contributed by atoms with Crippen molar-refractivity contribution in [3.63, 3.8) is 0 Å². The summed E-state index contributed by atoms with van der Waals surface area (Å²) in [6.07, 6.45) is 1.21. The van der Waals surface area contributed by atoms with Crippen molar-refractivity contribution in [1.29, 1.82) is 0 Å². The Morgan fingerprint density at radius 2 is 1.17 bits per heavy atom. The zero-order valence-electron chi connectivity index (χ0n) is 14.3. The first-order valence-corrected chi connectivity index (χ1v) is 9.02. The molecule has 0 aromatic heterocycles. The van der Waals surface area contributed by atoms with E-state index >= 15 is 0 Å². The highest BCUT2D eigenvalue weighted by atomic mass is 19.4. The molecular weight excluding hydrogens is 305 g/mol. The van der Waals surface area contributed by atoms with E-state index in [-0.39, 0.29) is 0 Å². The molecule has 2 nitrogen and oxygen atoms in total. The molecule has 2 aliphatic rings. The van der Waals surface area contributed by atoms with Gasteiger partial charge in [0.2, 0.25) is 0 Å². The largest absolute Gasteiger partial charge is 0.392 e. The van der Waals surface area contributed by atoms with Crippen LogP contribution >= 0.6 is 0 Å². The predicted octanol–water partition coefficient (Wildman–Crippen LogP) is 4.83. The summed E-state index contributed by atoms with van der Waals surface area (Å²) >= 11 is 0. The summed E-state index contributed by atoms with van der Waals surface area (Å²) < 4.78 is 41.4. The molecule has 5 heteroatoms. The second-order valence-electron chi connectivity index (χ2n) is 8.44. The van der Waals surface area contributed by atoms with Gasteiger partial charge in [0, 0.05) is 0 Å². The molecule has 0 heterocycles. The van der Waals surface area contributed by atoms with E-state index in [2.05, 4.69) is 0 Å². The van der Waals surface area contributed by atoms with E-state index in [0.717, 1.165) is 0 Å². The van der Waals surface area contributed by atoms with E-state index < -0.39 is 35.1 Å². The van der Waals surface area contributed by atoms with Crippen molar-refractivity contribution in [2.75, 3.05) is 0 Å². The highest BCUT2D eigenvalue weighted by molar-refractivity contribution is 4.90. The Bertz CT molecular complexity index is 360. The number of rotatable bonds is 2. The summed E-state index contributed by atoms with van der Waals surface area (Å²) in [6.45, 7) is 3.47. The van der Waals surface area contributed by atoms with Gasteiger partial charge in [-0.05, 0) is 77.0 Å². The van der Waals surface area contributed by atoms with E-state index in [1.807, 2.05) is 0 Å². The molecule has 0 aromatic rings. The third kappa shape index (κ3) is 5.35. The minimum Gasteiger partial charge on any atom is -0.390 e. The summed E-state index contributed by atoms with van der Waals surface area (Å²) in [5, 5.41) is 20.3. The van der Waals surface area contributed by atoms with Crippen LogP contribution in [0, 0.1) is 17.8 Å². The van der Waals surface area contributed by atoms with E-state index in [1.54, 1.807) is 13.8 Å². The minimum atomic E-state index is -4.19. The average Bonchev–Trinajstić information content (AvgIpc) is 2.65. The van der Waals surface area contributed by atoms with Gasteiger partial charge in [0.15, 0.2) is 0 Å². The first kappa shape index (κ1) is 19.0. The van der Waals surface area contributed by atoms with Gasteiger partial charge in [-0.1, -0.05) is 12.8 Å². The average molecular weight is 336 g/mol. The second-order valence-corrected chi connectivity index (χ2v) is 8.44. The van der Waals surface area contributed by atoms with Gasteiger partial charge in [0.05, 0.1) is 17.1 Å². The van der Waals surface area contributed by atoms with Gasteiger partial charge in [-0.3, -0.25) is 0 Å². The molecule has 0 amide bonds. The Labute approximate surface area is 137 Å². The van der Waals surface area contributed by atoms with Gasteiger partial charge in [-0.2, -0.15) is 13.2 Å². The van der Waals surface area contributed by atoms with Crippen LogP contribution in [-0.4, -0.2) is 27.6 Å². The SMILES string of the molecule is CC1(O)CCCC(C(C2CCCC(C)(O)CC2)C(F)(F)F)CC1. The predicted molar refractivity (Wildman–Crippen MR) is 83.9 cm³/mol. The van der Waals surface area contributed by atoms with Crippen LogP contribution in [0.25, 0.3) is 0 Å². The number of hydrogen-bond donors (Lipinski definition) is 2. The number of aliphatic hydroxyl groups is 2. The molecule has 2 saturated carbocycles. The monoisotopic (exact) mass is 336 g/mol. The molecule has 2 aliphatic carbocycles. The van der Waals surface area contributed by atoms with Gasteiger partial charge in [-0.25, -0.2) is 0 Å². The molecule has 2 fully saturated rings. The molecule has 23 heavy (non-hydrogen) atoms. The van der Waals surface area contributed by atoms with Crippen LogP contribution in [0.2, 0.25) is 0 Å². The van der Waals surface area contributed by atoms with Crippen molar-refractivity contribution in [3.8, 4) is 0 Å². The summed E-state index contributed by atoms with van der Waals surface area (Å²) in [5.74, 6) is -2.07. The fourth-order valence-corrected chi connectivity index (χ4v) is 4.66. The Hall–Kier alpha value is -0.290. The number of alkyl halides is 3. The number of hydrogen-bond acceptors (Lipinski definition) is 2. The summed E-state index contributed by atoms with van der Waals surface area (Å²) in [7, 11) is 0. The first-order chi connectivity index (χ1) is 10.5. The molecule has 2 rings (SSSR count). The molecule has 0 saturated heterocycles. The highest BCUT2D eigenvalue weighted by Crippen LogP contribution is 2.48. The van der Waals surface area contributed by atoms with Crippen molar-refractivity contribution < 1.29 is 23.4 Å². The zero-order valence-corrected chi connectivity index (χ0v) is 14.3. The van der Waals surface area contributed by atoms with Crippen molar-refractivity contribution in [2.45, 2.75) is 95.4 Å². The fourth-order valence-electron chi connectivity index (χ4n) is 4.66. The van der Waals surface area contributed by atoms with E-state index in [4.69, 9.17) is 0 Å². The van der Waals surface area contributed by atoms with Crippen LogP contribution < -0.4 is 0 Å². The van der Waals surface area contributed by atoms with Crippen molar-refractivity contribution in [3.05, 3.63) is 0 Å². The van der Waals surface area contributed by atoms with E-state index in [0.29, 0.717) is 64.2 Å². The lowest BCUT2D eigenvalue weighted by Gasteiger charge is -2.35. The lowest BCUT2D eigenvalue weighted by Crippen LogP contribution is -2.37. The quantitative estimate of drug-likeness (QED) is 0.709. The Balaban J connectivity index is 2.14. The molecule has 0 aliphatic heterocycles. The van der Waals surface area contributed by atoms with Crippen LogP contribution in [-0.2, 0) is 0 Å². The molecule has 0 aromatic carbocycles. The molecule has 2 N–H and O–H groups in total. The third-order valence-corrected chi connectivity index (χ3v) is 6.08. The second kappa shape index (κ2) is 6.91.